The number of carbonyl (C=O) groups excluding carboxylic acids is 2. The van der Waals surface area contributed by atoms with Gasteiger partial charge in [-0.2, -0.15) is 0 Å². The number of amides is 1. The molecule has 0 aliphatic rings. The summed E-state index contributed by atoms with van der Waals surface area (Å²) in [5.41, 5.74) is 1.30. The second-order valence-electron chi connectivity index (χ2n) is 3.32. The molecule has 1 aromatic carbocycles. The molecule has 80 valence electrons. The van der Waals surface area contributed by atoms with E-state index in [0.717, 1.165) is 5.56 Å². The van der Waals surface area contributed by atoms with Crippen LogP contribution in [0.2, 0.25) is 0 Å². The third-order valence-corrected chi connectivity index (χ3v) is 2.61. The summed E-state index contributed by atoms with van der Waals surface area (Å²) in [5.74, 6) is -0.960. The third-order valence-electron chi connectivity index (χ3n) is 2.01. The quantitative estimate of drug-likeness (QED) is 0.477. The Morgan fingerprint density at radius 3 is 2.40 bits per heavy atom. The van der Waals surface area contributed by atoms with Gasteiger partial charge in [0.1, 0.15) is 0 Å². The van der Waals surface area contributed by atoms with E-state index in [1.807, 2.05) is 12.1 Å². The molecular weight excluding hydrogens is 258 g/mol. The van der Waals surface area contributed by atoms with Crippen molar-refractivity contribution >= 4 is 27.6 Å². The highest BCUT2D eigenvalue weighted by Gasteiger charge is 2.19. The lowest BCUT2D eigenvalue weighted by atomic mass is 10.0. The Hall–Kier alpha value is -1.16. The van der Waals surface area contributed by atoms with Gasteiger partial charge >= 0.3 is 0 Å². The molecule has 0 saturated heterocycles. The van der Waals surface area contributed by atoms with Gasteiger partial charge in [-0.05, 0) is 5.56 Å². The Kier molecular flexibility index (Phi) is 4.03. The van der Waals surface area contributed by atoms with Crippen molar-refractivity contribution in [1.29, 1.82) is 0 Å². The van der Waals surface area contributed by atoms with Crippen LogP contribution < -0.4 is 0 Å². The van der Waals surface area contributed by atoms with Crippen molar-refractivity contribution in [1.82, 2.24) is 4.90 Å². The van der Waals surface area contributed by atoms with Gasteiger partial charge in [-0.25, -0.2) is 0 Å². The van der Waals surface area contributed by atoms with Crippen LogP contribution in [0.15, 0.2) is 24.3 Å². The van der Waals surface area contributed by atoms with E-state index in [9.17, 15) is 9.59 Å². The van der Waals surface area contributed by atoms with Crippen molar-refractivity contribution < 1.29 is 9.59 Å². The minimum atomic E-state index is -0.497. The fourth-order valence-corrected chi connectivity index (χ4v) is 1.67. The van der Waals surface area contributed by atoms with Gasteiger partial charge in [0.05, 0.1) is 0 Å². The molecule has 15 heavy (non-hydrogen) atoms. The van der Waals surface area contributed by atoms with Crippen LogP contribution in [-0.4, -0.2) is 30.7 Å². The molecule has 0 radical (unpaired) electrons. The number of rotatable bonds is 3. The molecule has 0 fully saturated rings. The fraction of sp³-hybridized carbons (Fsp3) is 0.273. The predicted molar refractivity (Wildman–Crippen MR) is 62.1 cm³/mol. The Morgan fingerprint density at radius 2 is 1.87 bits per heavy atom. The molecule has 1 rings (SSSR count). The van der Waals surface area contributed by atoms with Gasteiger partial charge in [0, 0.05) is 25.0 Å². The van der Waals surface area contributed by atoms with Gasteiger partial charge in [0.2, 0.25) is 0 Å². The maximum absolute atomic E-state index is 11.8. The number of carbonyl (C=O) groups is 2. The van der Waals surface area contributed by atoms with Crippen molar-refractivity contribution in [2.24, 2.45) is 0 Å². The van der Waals surface area contributed by atoms with E-state index in [4.69, 9.17) is 0 Å². The highest BCUT2D eigenvalue weighted by atomic mass is 79.9. The number of hydrogen-bond donors (Lipinski definition) is 0. The van der Waals surface area contributed by atoms with Crippen molar-refractivity contribution in [3.8, 4) is 0 Å². The number of benzene rings is 1. The van der Waals surface area contributed by atoms with E-state index in [0.29, 0.717) is 10.9 Å². The maximum atomic E-state index is 11.8. The molecule has 0 N–H and O–H groups in total. The first-order valence-electron chi connectivity index (χ1n) is 4.47. The minimum absolute atomic E-state index is 0.463. The molecule has 0 atom stereocenters. The van der Waals surface area contributed by atoms with Gasteiger partial charge < -0.3 is 4.90 Å². The molecule has 0 aromatic heterocycles. The molecule has 3 nitrogen and oxygen atoms in total. The van der Waals surface area contributed by atoms with Gasteiger partial charge in [-0.1, -0.05) is 40.2 Å². The molecule has 0 heterocycles. The predicted octanol–water partition coefficient (Wildman–Crippen LogP) is 1.85. The zero-order valence-electron chi connectivity index (χ0n) is 8.66. The van der Waals surface area contributed by atoms with Gasteiger partial charge in [0.25, 0.3) is 11.7 Å². The highest BCUT2D eigenvalue weighted by Crippen LogP contribution is 2.13. The molecule has 0 unspecified atom stereocenters. The monoisotopic (exact) mass is 269 g/mol. The second-order valence-corrected chi connectivity index (χ2v) is 3.88. The number of hydrogen-bond acceptors (Lipinski definition) is 2. The Balaban J connectivity index is 3.06. The lowest BCUT2D eigenvalue weighted by Gasteiger charge is -2.10. The summed E-state index contributed by atoms with van der Waals surface area (Å²) in [6.07, 6.45) is 0. The number of Topliss-reactive ketones (excluding diaryl/α,β-unsaturated/α-hetero) is 1. The first-order valence-corrected chi connectivity index (χ1v) is 5.60. The third kappa shape index (κ3) is 2.65. The molecular formula is C11H12BrNO2. The molecule has 0 aliphatic heterocycles. The summed E-state index contributed by atoms with van der Waals surface area (Å²) in [5, 5.41) is 0.565. The minimum Gasteiger partial charge on any atom is -0.342 e. The normalized spacial score (nSPS) is 9.80. The van der Waals surface area contributed by atoms with Crippen molar-refractivity contribution in [3.05, 3.63) is 35.4 Å². The average molecular weight is 270 g/mol. The zero-order chi connectivity index (χ0) is 11.4. The number of nitrogens with zero attached hydrogens (tertiary/aromatic N) is 1. The number of likely N-dealkylation sites (N-methyl/N-ethyl adjacent to an activating group) is 1. The molecule has 0 saturated carbocycles. The van der Waals surface area contributed by atoms with Crippen LogP contribution in [0.3, 0.4) is 0 Å². The molecule has 0 spiro atoms. The topological polar surface area (TPSA) is 37.4 Å². The SMILES string of the molecule is CN(C)C(=O)C(=O)c1ccccc1CBr. The molecule has 1 amide bonds. The Bertz CT molecular complexity index is 388. The largest absolute Gasteiger partial charge is 0.342 e. The highest BCUT2D eigenvalue weighted by molar-refractivity contribution is 9.08. The second kappa shape index (κ2) is 5.07. The number of halogens is 1. The van der Waals surface area contributed by atoms with Gasteiger partial charge in [-0.3, -0.25) is 9.59 Å². The Labute approximate surface area is 97.2 Å². The van der Waals surface area contributed by atoms with Gasteiger partial charge in [0.15, 0.2) is 0 Å². The Morgan fingerprint density at radius 1 is 1.27 bits per heavy atom. The van der Waals surface area contributed by atoms with Crippen molar-refractivity contribution in [2.45, 2.75) is 5.33 Å². The van der Waals surface area contributed by atoms with E-state index in [1.54, 1.807) is 26.2 Å². The van der Waals surface area contributed by atoms with Crippen LogP contribution in [0.4, 0.5) is 0 Å². The number of alkyl halides is 1. The first-order chi connectivity index (χ1) is 7.07. The fourth-order valence-electron chi connectivity index (χ4n) is 1.18. The standard InChI is InChI=1S/C11H12BrNO2/c1-13(2)11(15)10(14)9-6-4-3-5-8(9)7-12/h3-6H,7H2,1-2H3. The van der Waals surface area contributed by atoms with Crippen LogP contribution in [0.25, 0.3) is 0 Å². The molecule has 0 aliphatic carbocycles. The van der Waals surface area contributed by atoms with Crippen LogP contribution in [0.5, 0.6) is 0 Å². The van der Waals surface area contributed by atoms with Crippen LogP contribution in [-0.2, 0) is 10.1 Å². The van der Waals surface area contributed by atoms with E-state index in [1.165, 1.54) is 4.90 Å². The van der Waals surface area contributed by atoms with Gasteiger partial charge in [-0.15, -0.1) is 0 Å². The molecule has 0 bridgehead atoms. The van der Waals surface area contributed by atoms with Crippen molar-refractivity contribution in [3.63, 3.8) is 0 Å². The summed E-state index contributed by atoms with van der Waals surface area (Å²) < 4.78 is 0. The summed E-state index contributed by atoms with van der Waals surface area (Å²) in [6.45, 7) is 0. The van der Waals surface area contributed by atoms with E-state index >= 15 is 0 Å². The average Bonchev–Trinajstić information content (AvgIpc) is 2.26. The summed E-state index contributed by atoms with van der Waals surface area (Å²) in [6, 6.07) is 7.08. The lowest BCUT2D eigenvalue weighted by molar-refractivity contribution is -0.124. The van der Waals surface area contributed by atoms with E-state index in [-0.39, 0.29) is 0 Å². The first kappa shape index (κ1) is 11.9. The van der Waals surface area contributed by atoms with Crippen LogP contribution in [0, 0.1) is 0 Å². The van der Waals surface area contributed by atoms with Crippen molar-refractivity contribution in [2.75, 3.05) is 14.1 Å². The van der Waals surface area contributed by atoms with E-state index < -0.39 is 11.7 Å². The summed E-state index contributed by atoms with van der Waals surface area (Å²) >= 11 is 3.29. The van der Waals surface area contributed by atoms with Crippen LogP contribution >= 0.6 is 15.9 Å². The maximum Gasteiger partial charge on any atom is 0.294 e. The van der Waals surface area contributed by atoms with Crippen LogP contribution in [0.1, 0.15) is 15.9 Å². The molecule has 4 heteroatoms. The summed E-state index contributed by atoms with van der Waals surface area (Å²) in [7, 11) is 3.13. The number of ketones is 1. The van der Waals surface area contributed by atoms with E-state index in [2.05, 4.69) is 15.9 Å². The smallest absolute Gasteiger partial charge is 0.294 e. The summed E-state index contributed by atoms with van der Waals surface area (Å²) in [4.78, 5) is 24.5. The molecule has 1 aromatic rings. The zero-order valence-corrected chi connectivity index (χ0v) is 10.2. The lowest BCUT2D eigenvalue weighted by Crippen LogP contribution is -2.30.